The first-order chi connectivity index (χ1) is 17.6. The van der Waals surface area contributed by atoms with Crippen molar-refractivity contribution in [1.82, 2.24) is 15.8 Å². The van der Waals surface area contributed by atoms with Crippen molar-refractivity contribution in [2.75, 3.05) is 26.6 Å². The number of allylic oxidation sites excluding steroid dienone is 1. The molecule has 0 bridgehead atoms. The maximum Gasteiger partial charge on any atom is 0.411 e. The van der Waals surface area contributed by atoms with E-state index in [2.05, 4.69) is 21.8 Å². The summed E-state index contributed by atoms with van der Waals surface area (Å²) in [7, 11) is 0. The monoisotopic (exact) mass is 489 g/mol. The Labute approximate surface area is 209 Å². The molecule has 2 aliphatic rings. The summed E-state index contributed by atoms with van der Waals surface area (Å²) in [5.74, 6) is 1.44. The molecule has 1 amide bonds. The van der Waals surface area contributed by atoms with Gasteiger partial charge in [0.2, 0.25) is 0 Å². The molecule has 1 fully saturated rings. The van der Waals surface area contributed by atoms with E-state index in [1.54, 1.807) is 17.4 Å². The molecule has 36 heavy (non-hydrogen) atoms. The summed E-state index contributed by atoms with van der Waals surface area (Å²) in [6.45, 7) is 2.96. The van der Waals surface area contributed by atoms with Gasteiger partial charge >= 0.3 is 6.09 Å². The van der Waals surface area contributed by atoms with Crippen molar-refractivity contribution in [3.63, 3.8) is 0 Å². The maximum absolute atomic E-state index is 12.2. The molecule has 1 saturated heterocycles. The molecule has 10 heteroatoms. The number of nitrogens with one attached hydrogen (secondary N) is 2. The molecular formula is C26H27N5O5. The molecule has 0 saturated carbocycles. The number of para-hydroxylation sites is 1. The van der Waals surface area contributed by atoms with Gasteiger partial charge in [-0.1, -0.05) is 25.1 Å². The first-order valence-electron chi connectivity index (χ1n) is 11.5. The van der Waals surface area contributed by atoms with E-state index < -0.39 is 6.09 Å². The van der Waals surface area contributed by atoms with Crippen LogP contribution in [0.3, 0.4) is 0 Å². The molecule has 0 aliphatic carbocycles. The first-order valence-corrected chi connectivity index (χ1v) is 11.5. The molecule has 2 aromatic rings. The Morgan fingerprint density at radius 3 is 2.72 bits per heavy atom. The summed E-state index contributed by atoms with van der Waals surface area (Å²) in [4.78, 5) is 16.8. The van der Waals surface area contributed by atoms with Crippen molar-refractivity contribution in [3.8, 4) is 17.6 Å². The highest BCUT2D eigenvalue weighted by atomic mass is 16.7. The normalized spacial score (nSPS) is 18.7. The van der Waals surface area contributed by atoms with Gasteiger partial charge in [0.15, 0.2) is 0 Å². The molecule has 186 valence electrons. The number of aliphatic imine (C=N–C) groups is 1. The van der Waals surface area contributed by atoms with E-state index in [4.69, 9.17) is 18.9 Å². The lowest BCUT2D eigenvalue weighted by Crippen LogP contribution is -2.40. The molecule has 2 N–H and O–H groups in total. The van der Waals surface area contributed by atoms with Crippen molar-refractivity contribution < 1.29 is 23.7 Å². The zero-order chi connectivity index (χ0) is 25.2. The fraction of sp³-hybridized carbons (Fsp3) is 0.269. The van der Waals surface area contributed by atoms with Gasteiger partial charge in [-0.05, 0) is 42.8 Å². The van der Waals surface area contributed by atoms with Gasteiger partial charge in [0.05, 0.1) is 30.1 Å². The first kappa shape index (κ1) is 24.8. The van der Waals surface area contributed by atoms with Crippen LogP contribution in [0.25, 0.3) is 0 Å². The van der Waals surface area contributed by atoms with Crippen LogP contribution in [0.1, 0.15) is 13.3 Å². The summed E-state index contributed by atoms with van der Waals surface area (Å²) in [5.41, 5.74) is 5.36. The van der Waals surface area contributed by atoms with Crippen LogP contribution in [-0.4, -0.2) is 49.5 Å². The molecule has 2 heterocycles. The maximum atomic E-state index is 12.2. The third kappa shape index (κ3) is 7.09. The predicted octanol–water partition coefficient (Wildman–Crippen LogP) is 4.13. The number of alkyl carbamates (subject to hydrolysis) is 1. The van der Waals surface area contributed by atoms with Crippen LogP contribution in [-0.2, 0) is 14.2 Å². The van der Waals surface area contributed by atoms with E-state index in [1.807, 2.05) is 61.5 Å². The Bertz CT molecular complexity index is 1170. The second kappa shape index (κ2) is 12.4. The van der Waals surface area contributed by atoms with Crippen LogP contribution in [0, 0.1) is 11.3 Å². The minimum Gasteiger partial charge on any atom is -0.457 e. The second-order valence-electron chi connectivity index (χ2n) is 7.90. The highest BCUT2D eigenvalue weighted by Gasteiger charge is 2.19. The predicted molar refractivity (Wildman–Crippen MR) is 132 cm³/mol. The van der Waals surface area contributed by atoms with Crippen LogP contribution in [0.15, 0.2) is 83.3 Å². The van der Waals surface area contributed by atoms with Gasteiger partial charge in [-0.2, -0.15) is 5.26 Å². The SMILES string of the molecule is CC/C(=C\N1CC(=Nc2ccc(Oc3ccccc3)cc2)C(C#N)=CN1)NC(=O)OCC1COCO1. The summed E-state index contributed by atoms with van der Waals surface area (Å²) in [6, 6.07) is 19.0. The lowest BCUT2D eigenvalue weighted by atomic mass is 10.1. The zero-order valence-corrected chi connectivity index (χ0v) is 19.8. The van der Waals surface area contributed by atoms with Gasteiger partial charge in [0.25, 0.3) is 0 Å². The van der Waals surface area contributed by atoms with Crippen molar-refractivity contribution >= 4 is 17.5 Å². The highest BCUT2D eigenvalue weighted by Crippen LogP contribution is 2.24. The number of hydrazine groups is 1. The highest BCUT2D eigenvalue weighted by molar-refractivity contribution is 6.06. The number of carbonyl (C=O) groups is 1. The number of hydrogen-bond acceptors (Lipinski definition) is 9. The molecule has 0 spiro atoms. The fourth-order valence-corrected chi connectivity index (χ4v) is 3.37. The number of hydrogen-bond donors (Lipinski definition) is 2. The van der Waals surface area contributed by atoms with Gasteiger partial charge in [-0.15, -0.1) is 0 Å². The average Bonchev–Trinajstić information content (AvgIpc) is 3.43. The van der Waals surface area contributed by atoms with Gasteiger partial charge in [0, 0.05) is 18.1 Å². The van der Waals surface area contributed by atoms with Gasteiger partial charge in [0.1, 0.15) is 37.1 Å². The number of rotatable bonds is 8. The summed E-state index contributed by atoms with van der Waals surface area (Å²) < 4.78 is 21.4. The van der Waals surface area contributed by atoms with E-state index in [1.165, 1.54) is 0 Å². The third-order valence-corrected chi connectivity index (χ3v) is 5.25. The van der Waals surface area contributed by atoms with Crippen molar-refractivity contribution in [3.05, 3.63) is 78.3 Å². The Balaban J connectivity index is 1.39. The Morgan fingerprint density at radius 1 is 1.25 bits per heavy atom. The van der Waals surface area contributed by atoms with Crippen molar-refractivity contribution in [2.45, 2.75) is 19.4 Å². The third-order valence-electron chi connectivity index (χ3n) is 5.25. The quantitative estimate of drug-likeness (QED) is 0.568. The topological polar surface area (TPSA) is 117 Å². The minimum absolute atomic E-state index is 0.116. The van der Waals surface area contributed by atoms with E-state index in [-0.39, 0.29) is 19.5 Å². The largest absolute Gasteiger partial charge is 0.457 e. The smallest absolute Gasteiger partial charge is 0.411 e. The van der Waals surface area contributed by atoms with E-state index >= 15 is 0 Å². The molecule has 1 unspecified atom stereocenters. The number of nitriles is 1. The molecule has 2 aromatic carbocycles. The summed E-state index contributed by atoms with van der Waals surface area (Å²) in [6.07, 6.45) is 3.05. The van der Waals surface area contributed by atoms with Crippen molar-refractivity contribution in [2.24, 2.45) is 4.99 Å². The minimum atomic E-state index is -0.574. The molecule has 10 nitrogen and oxygen atoms in total. The van der Waals surface area contributed by atoms with Crippen LogP contribution in [0.4, 0.5) is 10.5 Å². The zero-order valence-electron chi connectivity index (χ0n) is 19.8. The molecule has 2 aliphatic heterocycles. The van der Waals surface area contributed by atoms with Crippen LogP contribution >= 0.6 is 0 Å². The Morgan fingerprint density at radius 2 is 2.03 bits per heavy atom. The van der Waals surface area contributed by atoms with E-state index in [9.17, 15) is 10.1 Å². The number of amides is 1. The Hall–Kier alpha value is -4.33. The molecular weight excluding hydrogens is 462 g/mol. The average molecular weight is 490 g/mol. The Kier molecular flexibility index (Phi) is 8.53. The number of benzene rings is 2. The fourth-order valence-electron chi connectivity index (χ4n) is 3.37. The van der Waals surface area contributed by atoms with Crippen LogP contribution in [0.2, 0.25) is 0 Å². The van der Waals surface area contributed by atoms with Crippen LogP contribution < -0.4 is 15.5 Å². The number of nitrogens with zero attached hydrogens (tertiary/aromatic N) is 3. The molecule has 0 radical (unpaired) electrons. The number of ether oxygens (including phenoxy) is 4. The van der Waals surface area contributed by atoms with E-state index in [0.29, 0.717) is 48.0 Å². The molecule has 1 atom stereocenters. The molecule has 0 aromatic heterocycles. The lowest BCUT2D eigenvalue weighted by Gasteiger charge is -2.26. The van der Waals surface area contributed by atoms with E-state index in [0.717, 1.165) is 5.75 Å². The summed E-state index contributed by atoms with van der Waals surface area (Å²) in [5, 5.41) is 14.0. The lowest BCUT2D eigenvalue weighted by molar-refractivity contribution is 0.0222. The van der Waals surface area contributed by atoms with Gasteiger partial charge in [-0.25, -0.2) is 4.79 Å². The van der Waals surface area contributed by atoms with Crippen LogP contribution in [0.5, 0.6) is 11.5 Å². The standard InChI is InChI=1S/C26H27N5O5/c1-2-20(30-26(32)34-17-24-16-33-18-35-24)14-31-15-25(19(12-27)13-28-31)29-21-8-10-23(11-9-21)36-22-6-4-3-5-7-22/h3-11,13-14,24,28H,2,15-18H2,1H3,(H,30,32)/b20-14+,29-25?. The summed E-state index contributed by atoms with van der Waals surface area (Å²) >= 11 is 0. The van der Waals surface area contributed by atoms with Gasteiger partial charge < -0.3 is 24.4 Å². The molecule has 4 rings (SSSR count). The second-order valence-corrected chi connectivity index (χ2v) is 7.90. The van der Waals surface area contributed by atoms with Crippen molar-refractivity contribution in [1.29, 1.82) is 5.26 Å². The van der Waals surface area contributed by atoms with Gasteiger partial charge in [-0.3, -0.25) is 15.3 Å². The number of carbonyl (C=O) groups excluding carboxylic acids is 1.